The normalized spacial score (nSPS) is 24.6. The van der Waals surface area contributed by atoms with E-state index in [1.807, 2.05) is 62.0 Å². The summed E-state index contributed by atoms with van der Waals surface area (Å²) < 4.78 is 4.79. The van der Waals surface area contributed by atoms with Crippen LogP contribution in [-0.4, -0.2) is 90.1 Å². The van der Waals surface area contributed by atoms with Gasteiger partial charge in [-0.15, -0.1) is 0 Å². The number of aromatic nitrogens is 4. The van der Waals surface area contributed by atoms with E-state index in [0.717, 1.165) is 71.0 Å². The molecule has 4 aromatic rings. The maximum absolute atomic E-state index is 13.8. The Bertz CT molecular complexity index is 2090. The molecule has 0 radical (unpaired) electrons. The number of rotatable bonds is 11. The summed E-state index contributed by atoms with van der Waals surface area (Å²) in [4.78, 5) is 71.0. The number of hydrogen-bond acceptors (Lipinski definition) is 7. The fourth-order valence-corrected chi connectivity index (χ4v) is 8.69. The van der Waals surface area contributed by atoms with Crippen molar-refractivity contribution in [2.24, 2.45) is 23.7 Å². The van der Waals surface area contributed by atoms with E-state index < -0.39 is 24.3 Å². The first-order chi connectivity index (χ1) is 26.4. The fourth-order valence-electron chi connectivity index (χ4n) is 8.69. The highest BCUT2D eigenvalue weighted by Crippen LogP contribution is 2.54. The SMILES string of the molecule is COC(=O)N[C@H](C(=O)N1[C@@H](c2ncc(-c3ccc(-c4ccc(-c5c[nH]c([C@H]6C[C@H]7C[C@H]7N6C(=O)[C@@H](NC(=O)O)C(C)C)n5)cc4)cc3)[nH]2)C[C@H]2C[C@H]21)C(C)C. The molecule has 14 heteroatoms. The molecule has 0 bridgehead atoms. The molecule has 4 amide bonds. The van der Waals surface area contributed by atoms with Crippen LogP contribution in [0, 0.1) is 23.7 Å². The van der Waals surface area contributed by atoms with Crippen LogP contribution in [0.1, 0.15) is 77.1 Å². The Morgan fingerprint density at radius 3 is 1.78 bits per heavy atom. The molecule has 2 saturated carbocycles. The maximum atomic E-state index is 13.8. The lowest BCUT2D eigenvalue weighted by molar-refractivity contribution is -0.137. The van der Waals surface area contributed by atoms with Crippen molar-refractivity contribution in [1.82, 2.24) is 40.4 Å². The third-order valence-corrected chi connectivity index (χ3v) is 11.9. The first-order valence-corrected chi connectivity index (χ1v) is 19.2. The van der Waals surface area contributed by atoms with Crippen molar-refractivity contribution < 1.29 is 29.0 Å². The molecule has 0 spiro atoms. The molecule has 4 heterocycles. The second-order valence-corrected chi connectivity index (χ2v) is 16.2. The van der Waals surface area contributed by atoms with E-state index in [-0.39, 0.29) is 47.8 Å². The van der Waals surface area contributed by atoms with Gasteiger partial charge in [0.1, 0.15) is 23.7 Å². The lowest BCUT2D eigenvalue weighted by atomic mass is 10.0. The molecule has 2 aliphatic carbocycles. The quantitative estimate of drug-likeness (QED) is 0.121. The molecule has 8 rings (SSSR count). The van der Waals surface area contributed by atoms with Crippen molar-refractivity contribution in [3.63, 3.8) is 0 Å². The minimum Gasteiger partial charge on any atom is -0.465 e. The van der Waals surface area contributed by atoms with Gasteiger partial charge in [-0.05, 0) is 66.0 Å². The number of nitrogens with one attached hydrogen (secondary N) is 4. The Hall–Kier alpha value is -5.66. The smallest absolute Gasteiger partial charge is 0.407 e. The topological polar surface area (TPSA) is 186 Å². The lowest BCUT2D eigenvalue weighted by Gasteiger charge is -2.31. The second kappa shape index (κ2) is 14.2. The number of benzene rings is 2. The van der Waals surface area contributed by atoms with Crippen molar-refractivity contribution in [2.75, 3.05) is 7.11 Å². The number of alkyl carbamates (subject to hydrolysis) is 1. The number of H-pyrrole nitrogens is 2. The lowest BCUT2D eigenvalue weighted by Crippen LogP contribution is -2.52. The number of carbonyl (C=O) groups excluding carboxylic acids is 3. The van der Waals surface area contributed by atoms with E-state index in [9.17, 15) is 24.3 Å². The van der Waals surface area contributed by atoms with E-state index in [1.165, 1.54) is 7.11 Å². The van der Waals surface area contributed by atoms with E-state index >= 15 is 0 Å². The van der Waals surface area contributed by atoms with Crippen molar-refractivity contribution in [1.29, 1.82) is 0 Å². The highest BCUT2D eigenvalue weighted by atomic mass is 16.5. The number of nitrogens with zero attached hydrogens (tertiary/aromatic N) is 4. The van der Waals surface area contributed by atoms with Crippen LogP contribution in [0.4, 0.5) is 9.59 Å². The zero-order chi connectivity index (χ0) is 38.7. The predicted molar refractivity (Wildman–Crippen MR) is 203 cm³/mol. The van der Waals surface area contributed by atoms with E-state index in [4.69, 9.17) is 14.7 Å². The fraction of sp³-hybridized carbons (Fsp3) is 0.463. The van der Waals surface area contributed by atoms with Crippen LogP contribution < -0.4 is 10.6 Å². The van der Waals surface area contributed by atoms with Gasteiger partial charge in [0.25, 0.3) is 0 Å². The monoisotopic (exact) mass is 748 g/mol. The minimum atomic E-state index is -1.20. The largest absolute Gasteiger partial charge is 0.465 e. The van der Waals surface area contributed by atoms with Crippen LogP contribution in [0.5, 0.6) is 0 Å². The number of carboxylic acid groups (broad SMARTS) is 1. The number of likely N-dealkylation sites (tertiary alicyclic amines) is 2. The van der Waals surface area contributed by atoms with Gasteiger partial charge in [-0.25, -0.2) is 19.6 Å². The molecule has 4 aliphatic rings. The molecule has 288 valence electrons. The van der Waals surface area contributed by atoms with Gasteiger partial charge >= 0.3 is 12.2 Å². The Morgan fingerprint density at radius 1 is 0.745 bits per heavy atom. The summed E-state index contributed by atoms with van der Waals surface area (Å²) in [6, 6.07) is 14.9. The summed E-state index contributed by atoms with van der Waals surface area (Å²) >= 11 is 0. The predicted octanol–water partition coefficient (Wildman–Crippen LogP) is 6.13. The van der Waals surface area contributed by atoms with E-state index in [0.29, 0.717) is 11.8 Å². The van der Waals surface area contributed by atoms with Gasteiger partial charge in [0, 0.05) is 23.8 Å². The summed E-state index contributed by atoms with van der Waals surface area (Å²) in [5, 5.41) is 14.5. The second-order valence-electron chi connectivity index (χ2n) is 16.2. The molecule has 55 heavy (non-hydrogen) atoms. The molecule has 2 aromatic carbocycles. The summed E-state index contributed by atoms with van der Waals surface area (Å²) in [5.41, 5.74) is 5.67. The van der Waals surface area contributed by atoms with Gasteiger partial charge in [0.15, 0.2) is 0 Å². The number of carbonyl (C=O) groups is 4. The number of piperidine rings is 2. The molecule has 2 saturated heterocycles. The molecule has 2 aromatic heterocycles. The molecule has 4 fully saturated rings. The van der Waals surface area contributed by atoms with E-state index in [2.05, 4.69) is 57.0 Å². The first-order valence-electron chi connectivity index (χ1n) is 19.2. The van der Waals surface area contributed by atoms with Gasteiger partial charge in [0.2, 0.25) is 11.8 Å². The Morgan fingerprint density at radius 2 is 1.25 bits per heavy atom. The summed E-state index contributed by atoms with van der Waals surface area (Å²) in [7, 11) is 1.30. The number of amides is 4. The summed E-state index contributed by atoms with van der Waals surface area (Å²) in [5.74, 6) is 1.75. The molecule has 2 aliphatic heterocycles. The third-order valence-electron chi connectivity index (χ3n) is 11.9. The van der Waals surface area contributed by atoms with Crippen LogP contribution >= 0.6 is 0 Å². The van der Waals surface area contributed by atoms with Gasteiger partial charge < -0.3 is 40.2 Å². The molecule has 5 N–H and O–H groups in total. The third kappa shape index (κ3) is 6.94. The Labute approximate surface area is 319 Å². The number of hydrogen-bond donors (Lipinski definition) is 5. The highest BCUT2D eigenvalue weighted by molar-refractivity contribution is 5.88. The molecule has 8 atom stereocenters. The number of fused-ring (bicyclic) bond motifs is 2. The zero-order valence-electron chi connectivity index (χ0n) is 31.7. The van der Waals surface area contributed by atoms with Crippen LogP contribution in [0.2, 0.25) is 0 Å². The van der Waals surface area contributed by atoms with Crippen LogP contribution in [0.25, 0.3) is 33.6 Å². The van der Waals surface area contributed by atoms with Crippen molar-refractivity contribution in [3.05, 3.63) is 72.6 Å². The van der Waals surface area contributed by atoms with Gasteiger partial charge in [-0.3, -0.25) is 9.59 Å². The average Bonchev–Trinajstić information content (AvgIpc) is 3.76. The van der Waals surface area contributed by atoms with Gasteiger partial charge in [0.05, 0.1) is 36.8 Å². The number of ether oxygens (including phenoxy) is 1. The van der Waals surface area contributed by atoms with Crippen LogP contribution in [0.3, 0.4) is 0 Å². The van der Waals surface area contributed by atoms with Crippen molar-refractivity contribution >= 4 is 24.0 Å². The number of aromatic amines is 2. The Balaban J connectivity index is 0.933. The molecular weight excluding hydrogens is 701 g/mol. The highest BCUT2D eigenvalue weighted by Gasteiger charge is 2.57. The number of methoxy groups -OCH3 is 1. The van der Waals surface area contributed by atoms with Crippen molar-refractivity contribution in [2.45, 2.75) is 89.6 Å². The summed E-state index contributed by atoms with van der Waals surface area (Å²) in [6.45, 7) is 7.53. The van der Waals surface area contributed by atoms with Crippen LogP contribution in [0.15, 0.2) is 60.9 Å². The molecular formula is C41H48N8O6. The van der Waals surface area contributed by atoms with Crippen molar-refractivity contribution in [3.8, 4) is 33.6 Å². The zero-order valence-corrected chi connectivity index (χ0v) is 31.7. The number of imidazole rings is 2. The minimum absolute atomic E-state index is 0.100. The average molecular weight is 749 g/mol. The first kappa shape index (κ1) is 36.3. The van der Waals surface area contributed by atoms with Gasteiger partial charge in [-0.2, -0.15) is 0 Å². The molecule has 0 unspecified atom stereocenters. The summed E-state index contributed by atoms with van der Waals surface area (Å²) in [6.07, 6.45) is 5.43. The van der Waals surface area contributed by atoms with Crippen LogP contribution in [-0.2, 0) is 14.3 Å². The van der Waals surface area contributed by atoms with Gasteiger partial charge in [-0.1, -0.05) is 76.2 Å². The van der Waals surface area contributed by atoms with E-state index in [1.54, 1.807) is 0 Å². The Kier molecular flexibility index (Phi) is 9.38. The molecule has 14 nitrogen and oxygen atoms in total. The standard InChI is InChI=1S/C41H48N8O6/c1-20(2)34(46-40(52)53)38(50)48-30-14-26(30)16-32(48)36-42-18-28(44-36)24-10-6-22(7-11-24)23-8-12-25(13-9-23)29-19-43-37(45-29)33-17-27-15-31(27)49(33)39(51)35(21(3)4)47-41(54)55-5/h6-13,18-21,26-27,30-35,46H,14-17H2,1-5H3,(H,42,44)(H,43,45)(H,47,54)(H,52,53)/t26-,27-,30-,31-,32-,33-,34+,35+/m1/s1. The maximum Gasteiger partial charge on any atom is 0.407 e.